The standard InChI is InChI=1S/C18H20N2O/c1-13(16-7-4-6-15(10-16)12-19)20-14(2)17-8-5-9-18(11-17)21-3/h4-11,13-14,20H,1-3H3/t13?,14-/m0/s1. The maximum absolute atomic E-state index is 8.98. The molecule has 3 nitrogen and oxygen atoms in total. The van der Waals surface area contributed by atoms with Crippen molar-refractivity contribution in [2.75, 3.05) is 7.11 Å². The molecule has 2 aromatic carbocycles. The summed E-state index contributed by atoms with van der Waals surface area (Å²) in [5.41, 5.74) is 2.98. The van der Waals surface area contributed by atoms with Crippen molar-refractivity contribution in [3.8, 4) is 11.8 Å². The number of nitriles is 1. The average molecular weight is 280 g/mol. The first kappa shape index (κ1) is 15.1. The van der Waals surface area contributed by atoms with E-state index in [9.17, 15) is 0 Å². The van der Waals surface area contributed by atoms with Crippen LogP contribution in [0.4, 0.5) is 0 Å². The van der Waals surface area contributed by atoms with Crippen LogP contribution >= 0.6 is 0 Å². The van der Waals surface area contributed by atoms with Gasteiger partial charge in [-0.05, 0) is 49.2 Å². The first-order valence-electron chi connectivity index (χ1n) is 7.04. The van der Waals surface area contributed by atoms with Crippen LogP contribution in [-0.4, -0.2) is 7.11 Å². The molecule has 1 N–H and O–H groups in total. The van der Waals surface area contributed by atoms with Crippen molar-refractivity contribution in [3.05, 3.63) is 65.2 Å². The molecule has 0 radical (unpaired) electrons. The van der Waals surface area contributed by atoms with Crippen LogP contribution in [0.3, 0.4) is 0 Å². The van der Waals surface area contributed by atoms with Gasteiger partial charge in [0.1, 0.15) is 5.75 Å². The Kier molecular flexibility index (Phi) is 4.97. The predicted molar refractivity (Wildman–Crippen MR) is 84.1 cm³/mol. The molecule has 21 heavy (non-hydrogen) atoms. The molecule has 0 bridgehead atoms. The fourth-order valence-electron chi connectivity index (χ4n) is 2.36. The summed E-state index contributed by atoms with van der Waals surface area (Å²) in [4.78, 5) is 0. The van der Waals surface area contributed by atoms with Crippen molar-refractivity contribution in [3.63, 3.8) is 0 Å². The zero-order valence-electron chi connectivity index (χ0n) is 12.6. The summed E-state index contributed by atoms with van der Waals surface area (Å²) in [5, 5.41) is 12.5. The fraction of sp³-hybridized carbons (Fsp3) is 0.278. The van der Waals surface area contributed by atoms with Gasteiger partial charge in [-0.1, -0.05) is 24.3 Å². The predicted octanol–water partition coefficient (Wildman–Crippen LogP) is 3.98. The van der Waals surface area contributed by atoms with E-state index in [0.717, 1.165) is 11.3 Å². The van der Waals surface area contributed by atoms with Crippen molar-refractivity contribution in [2.45, 2.75) is 25.9 Å². The highest BCUT2D eigenvalue weighted by atomic mass is 16.5. The van der Waals surface area contributed by atoms with Crippen LogP contribution in [-0.2, 0) is 0 Å². The number of ether oxygens (including phenoxy) is 1. The van der Waals surface area contributed by atoms with Gasteiger partial charge in [0.15, 0.2) is 0 Å². The van der Waals surface area contributed by atoms with Gasteiger partial charge >= 0.3 is 0 Å². The second-order valence-corrected chi connectivity index (χ2v) is 5.12. The van der Waals surface area contributed by atoms with E-state index in [1.807, 2.05) is 42.5 Å². The number of rotatable bonds is 5. The van der Waals surface area contributed by atoms with Gasteiger partial charge in [-0.15, -0.1) is 0 Å². The number of methoxy groups -OCH3 is 1. The van der Waals surface area contributed by atoms with Gasteiger partial charge in [0.25, 0.3) is 0 Å². The Morgan fingerprint density at radius 2 is 1.62 bits per heavy atom. The van der Waals surface area contributed by atoms with Gasteiger partial charge in [-0.25, -0.2) is 0 Å². The van der Waals surface area contributed by atoms with E-state index in [0.29, 0.717) is 5.56 Å². The number of benzene rings is 2. The molecule has 0 amide bonds. The molecule has 2 aromatic rings. The van der Waals surface area contributed by atoms with E-state index in [1.54, 1.807) is 7.11 Å². The second kappa shape index (κ2) is 6.92. The maximum Gasteiger partial charge on any atom is 0.119 e. The third-order valence-electron chi connectivity index (χ3n) is 3.61. The summed E-state index contributed by atoms with van der Waals surface area (Å²) in [6.45, 7) is 4.23. The molecule has 0 heterocycles. The van der Waals surface area contributed by atoms with Gasteiger partial charge in [-0.3, -0.25) is 0 Å². The minimum absolute atomic E-state index is 0.166. The van der Waals surface area contributed by atoms with Gasteiger partial charge in [-0.2, -0.15) is 5.26 Å². The molecule has 0 saturated heterocycles. The highest BCUT2D eigenvalue weighted by Gasteiger charge is 2.12. The largest absolute Gasteiger partial charge is 0.497 e. The lowest BCUT2D eigenvalue weighted by Crippen LogP contribution is -2.22. The van der Waals surface area contributed by atoms with Crippen molar-refractivity contribution >= 4 is 0 Å². The Morgan fingerprint density at radius 3 is 2.24 bits per heavy atom. The Hall–Kier alpha value is -2.31. The molecule has 2 rings (SSSR count). The van der Waals surface area contributed by atoms with Gasteiger partial charge < -0.3 is 10.1 Å². The van der Waals surface area contributed by atoms with Crippen molar-refractivity contribution in [1.29, 1.82) is 5.26 Å². The minimum atomic E-state index is 0.166. The summed E-state index contributed by atoms with van der Waals surface area (Å²) in [7, 11) is 1.67. The van der Waals surface area contributed by atoms with E-state index in [2.05, 4.69) is 31.3 Å². The zero-order chi connectivity index (χ0) is 15.2. The highest BCUT2D eigenvalue weighted by Crippen LogP contribution is 2.22. The molecular formula is C18H20N2O. The summed E-state index contributed by atoms with van der Waals surface area (Å²) in [5.74, 6) is 0.861. The first-order valence-corrected chi connectivity index (χ1v) is 7.04. The number of hydrogen-bond donors (Lipinski definition) is 1. The molecule has 1 unspecified atom stereocenters. The molecule has 0 aliphatic carbocycles. The van der Waals surface area contributed by atoms with Crippen LogP contribution in [0.2, 0.25) is 0 Å². The first-order chi connectivity index (χ1) is 10.1. The lowest BCUT2D eigenvalue weighted by Gasteiger charge is -2.21. The second-order valence-electron chi connectivity index (χ2n) is 5.12. The van der Waals surface area contributed by atoms with E-state index in [1.165, 1.54) is 5.56 Å². The fourth-order valence-corrected chi connectivity index (χ4v) is 2.36. The number of nitrogens with zero attached hydrogens (tertiary/aromatic N) is 1. The van der Waals surface area contributed by atoms with Gasteiger partial charge in [0.2, 0.25) is 0 Å². The average Bonchev–Trinajstić information content (AvgIpc) is 2.54. The van der Waals surface area contributed by atoms with E-state index in [4.69, 9.17) is 10.00 Å². The lowest BCUT2D eigenvalue weighted by molar-refractivity contribution is 0.412. The summed E-state index contributed by atoms with van der Waals surface area (Å²) in [6, 6.07) is 18.3. The van der Waals surface area contributed by atoms with Gasteiger partial charge in [0, 0.05) is 12.1 Å². The SMILES string of the molecule is COc1cccc([C@H](C)NC(C)c2cccc(C#N)c2)c1. The van der Waals surface area contributed by atoms with Crippen molar-refractivity contribution in [2.24, 2.45) is 0 Å². The van der Waals surface area contributed by atoms with E-state index < -0.39 is 0 Å². The highest BCUT2D eigenvalue weighted by molar-refractivity contribution is 5.34. The van der Waals surface area contributed by atoms with E-state index in [-0.39, 0.29) is 12.1 Å². The van der Waals surface area contributed by atoms with Crippen molar-refractivity contribution in [1.82, 2.24) is 5.32 Å². The lowest BCUT2D eigenvalue weighted by atomic mass is 10.0. The zero-order valence-corrected chi connectivity index (χ0v) is 12.6. The molecule has 3 heteroatoms. The van der Waals surface area contributed by atoms with Crippen LogP contribution in [0, 0.1) is 11.3 Å². The van der Waals surface area contributed by atoms with Crippen LogP contribution in [0.15, 0.2) is 48.5 Å². The Bertz CT molecular complexity index is 646. The monoisotopic (exact) mass is 280 g/mol. The number of hydrogen-bond acceptors (Lipinski definition) is 3. The smallest absolute Gasteiger partial charge is 0.119 e. The quantitative estimate of drug-likeness (QED) is 0.901. The normalized spacial score (nSPS) is 13.2. The van der Waals surface area contributed by atoms with Crippen LogP contribution in [0.1, 0.15) is 42.6 Å². The molecular weight excluding hydrogens is 260 g/mol. The summed E-state index contributed by atoms with van der Waals surface area (Å²) in [6.07, 6.45) is 0. The third kappa shape index (κ3) is 3.84. The van der Waals surface area contributed by atoms with Crippen LogP contribution < -0.4 is 10.1 Å². The molecule has 0 aromatic heterocycles. The Labute approximate surface area is 126 Å². The van der Waals surface area contributed by atoms with E-state index >= 15 is 0 Å². The Balaban J connectivity index is 2.10. The molecule has 0 saturated carbocycles. The molecule has 0 aliphatic rings. The maximum atomic E-state index is 8.98. The van der Waals surface area contributed by atoms with Gasteiger partial charge in [0.05, 0.1) is 18.7 Å². The number of nitrogens with one attached hydrogen (secondary N) is 1. The van der Waals surface area contributed by atoms with Crippen LogP contribution in [0.25, 0.3) is 0 Å². The molecule has 0 aliphatic heterocycles. The molecule has 108 valence electrons. The molecule has 2 atom stereocenters. The summed E-state index contributed by atoms with van der Waals surface area (Å²) < 4.78 is 5.26. The third-order valence-corrected chi connectivity index (χ3v) is 3.61. The van der Waals surface area contributed by atoms with Crippen molar-refractivity contribution < 1.29 is 4.74 Å². The minimum Gasteiger partial charge on any atom is -0.497 e. The Morgan fingerprint density at radius 1 is 1.00 bits per heavy atom. The summed E-state index contributed by atoms with van der Waals surface area (Å²) >= 11 is 0. The molecule has 0 fully saturated rings. The van der Waals surface area contributed by atoms with Crippen LogP contribution in [0.5, 0.6) is 5.75 Å². The molecule has 0 spiro atoms. The topological polar surface area (TPSA) is 45.0 Å².